The monoisotopic (exact) mass is 277 g/mol. The SMILES string of the molecule is O=C(Nc1ccc2nc(-c3ccccc3)[nH]c2c1)C1CC1. The van der Waals surface area contributed by atoms with Crippen molar-refractivity contribution in [3.8, 4) is 11.4 Å². The summed E-state index contributed by atoms with van der Waals surface area (Å²) in [6.07, 6.45) is 2.02. The largest absolute Gasteiger partial charge is 0.338 e. The number of anilines is 1. The van der Waals surface area contributed by atoms with Gasteiger partial charge >= 0.3 is 0 Å². The summed E-state index contributed by atoms with van der Waals surface area (Å²) in [6.45, 7) is 0. The second kappa shape index (κ2) is 4.74. The number of aromatic amines is 1. The van der Waals surface area contributed by atoms with Crippen LogP contribution in [0.1, 0.15) is 12.8 Å². The van der Waals surface area contributed by atoms with Gasteiger partial charge in [-0.3, -0.25) is 4.79 Å². The minimum atomic E-state index is 0.122. The zero-order chi connectivity index (χ0) is 14.2. The highest BCUT2D eigenvalue weighted by atomic mass is 16.2. The molecular formula is C17H15N3O. The fourth-order valence-electron chi connectivity index (χ4n) is 2.41. The first-order valence-corrected chi connectivity index (χ1v) is 7.16. The van der Waals surface area contributed by atoms with Gasteiger partial charge in [-0.2, -0.15) is 0 Å². The second-order valence-corrected chi connectivity index (χ2v) is 5.45. The lowest BCUT2D eigenvalue weighted by molar-refractivity contribution is -0.117. The molecule has 1 aliphatic rings. The summed E-state index contributed by atoms with van der Waals surface area (Å²) in [5.41, 5.74) is 3.71. The zero-order valence-electron chi connectivity index (χ0n) is 11.5. The van der Waals surface area contributed by atoms with Crippen molar-refractivity contribution < 1.29 is 4.79 Å². The van der Waals surface area contributed by atoms with Crippen molar-refractivity contribution in [3.63, 3.8) is 0 Å². The first-order valence-electron chi connectivity index (χ1n) is 7.16. The number of nitrogens with zero attached hydrogens (tertiary/aromatic N) is 1. The quantitative estimate of drug-likeness (QED) is 0.768. The summed E-state index contributed by atoms with van der Waals surface area (Å²) in [6, 6.07) is 15.8. The van der Waals surface area contributed by atoms with Crippen LogP contribution in [0.3, 0.4) is 0 Å². The number of carbonyl (C=O) groups is 1. The lowest BCUT2D eigenvalue weighted by Crippen LogP contribution is -2.12. The third-order valence-corrected chi connectivity index (χ3v) is 3.74. The highest BCUT2D eigenvalue weighted by Crippen LogP contribution is 2.30. The number of H-pyrrole nitrogens is 1. The van der Waals surface area contributed by atoms with Gasteiger partial charge in [0.05, 0.1) is 11.0 Å². The molecule has 1 aromatic heterocycles. The van der Waals surface area contributed by atoms with E-state index < -0.39 is 0 Å². The maximum Gasteiger partial charge on any atom is 0.227 e. The van der Waals surface area contributed by atoms with Gasteiger partial charge in [0.2, 0.25) is 5.91 Å². The molecule has 0 radical (unpaired) electrons. The minimum Gasteiger partial charge on any atom is -0.338 e. The summed E-state index contributed by atoms with van der Waals surface area (Å²) >= 11 is 0. The number of imidazole rings is 1. The van der Waals surface area contributed by atoms with Crippen LogP contribution in [0.5, 0.6) is 0 Å². The Bertz CT molecular complexity index is 803. The van der Waals surface area contributed by atoms with Gasteiger partial charge in [-0.05, 0) is 31.0 Å². The molecule has 1 saturated carbocycles. The van der Waals surface area contributed by atoms with Crippen LogP contribution >= 0.6 is 0 Å². The number of nitrogens with one attached hydrogen (secondary N) is 2. The van der Waals surface area contributed by atoms with Gasteiger partial charge in [0.25, 0.3) is 0 Å². The summed E-state index contributed by atoms with van der Waals surface area (Å²) in [5.74, 6) is 1.18. The van der Waals surface area contributed by atoms with Crippen molar-refractivity contribution in [1.82, 2.24) is 9.97 Å². The molecule has 4 heteroatoms. The molecule has 21 heavy (non-hydrogen) atoms. The van der Waals surface area contributed by atoms with Gasteiger partial charge in [-0.25, -0.2) is 4.98 Å². The van der Waals surface area contributed by atoms with Crippen LogP contribution in [0, 0.1) is 5.92 Å². The molecule has 1 aliphatic carbocycles. The molecule has 3 aromatic rings. The Morgan fingerprint density at radius 2 is 1.95 bits per heavy atom. The fourth-order valence-corrected chi connectivity index (χ4v) is 2.41. The van der Waals surface area contributed by atoms with Crippen molar-refractivity contribution in [1.29, 1.82) is 0 Å². The highest BCUT2D eigenvalue weighted by molar-refractivity contribution is 5.96. The standard InChI is InChI=1S/C17H15N3O/c21-17(12-6-7-12)18-13-8-9-14-15(10-13)20-16(19-14)11-4-2-1-3-5-11/h1-5,8-10,12H,6-7H2,(H,18,21)(H,19,20). The molecule has 1 fully saturated rings. The van der Waals surface area contributed by atoms with Crippen LogP contribution in [0.25, 0.3) is 22.4 Å². The van der Waals surface area contributed by atoms with Crippen LogP contribution < -0.4 is 5.32 Å². The number of carbonyl (C=O) groups excluding carboxylic acids is 1. The van der Waals surface area contributed by atoms with Crippen LogP contribution in [0.2, 0.25) is 0 Å². The van der Waals surface area contributed by atoms with E-state index in [1.807, 2.05) is 48.5 Å². The number of fused-ring (bicyclic) bond motifs is 1. The number of amides is 1. The van der Waals surface area contributed by atoms with E-state index in [-0.39, 0.29) is 11.8 Å². The molecule has 4 rings (SSSR count). The number of benzene rings is 2. The van der Waals surface area contributed by atoms with E-state index in [1.165, 1.54) is 0 Å². The Labute approximate surface area is 122 Å². The summed E-state index contributed by atoms with van der Waals surface area (Å²) in [4.78, 5) is 19.7. The van der Waals surface area contributed by atoms with E-state index in [0.29, 0.717) is 0 Å². The number of hydrogen-bond acceptors (Lipinski definition) is 2. The molecule has 2 aromatic carbocycles. The molecule has 1 amide bonds. The van der Waals surface area contributed by atoms with Gasteiger partial charge in [0.15, 0.2) is 0 Å². The molecule has 0 unspecified atom stereocenters. The van der Waals surface area contributed by atoms with Crippen LogP contribution in [-0.2, 0) is 4.79 Å². The van der Waals surface area contributed by atoms with Crippen molar-refractivity contribution >= 4 is 22.6 Å². The predicted octanol–water partition coefficient (Wildman–Crippen LogP) is 3.58. The molecule has 1 heterocycles. The Hall–Kier alpha value is -2.62. The van der Waals surface area contributed by atoms with Gasteiger partial charge in [0, 0.05) is 17.2 Å². The normalized spacial score (nSPS) is 14.3. The number of aromatic nitrogens is 2. The van der Waals surface area contributed by atoms with Crippen LogP contribution in [0.15, 0.2) is 48.5 Å². The van der Waals surface area contributed by atoms with Crippen LogP contribution in [0.4, 0.5) is 5.69 Å². The van der Waals surface area contributed by atoms with E-state index in [9.17, 15) is 4.79 Å². The zero-order valence-corrected chi connectivity index (χ0v) is 11.5. The molecule has 4 nitrogen and oxygen atoms in total. The third-order valence-electron chi connectivity index (χ3n) is 3.74. The van der Waals surface area contributed by atoms with Crippen molar-refractivity contribution in [2.75, 3.05) is 5.32 Å². The maximum atomic E-state index is 11.8. The molecule has 2 N–H and O–H groups in total. The number of hydrogen-bond donors (Lipinski definition) is 2. The predicted molar refractivity (Wildman–Crippen MR) is 82.9 cm³/mol. The van der Waals surface area contributed by atoms with Crippen molar-refractivity contribution in [2.24, 2.45) is 5.92 Å². The van der Waals surface area contributed by atoms with Crippen LogP contribution in [-0.4, -0.2) is 15.9 Å². The summed E-state index contributed by atoms with van der Waals surface area (Å²) < 4.78 is 0. The van der Waals surface area contributed by atoms with Crippen molar-refractivity contribution in [3.05, 3.63) is 48.5 Å². The molecule has 0 bridgehead atoms. The molecule has 0 spiro atoms. The molecular weight excluding hydrogens is 262 g/mol. The fraction of sp³-hybridized carbons (Fsp3) is 0.176. The minimum absolute atomic E-state index is 0.122. The Kier molecular flexibility index (Phi) is 2.74. The molecule has 0 atom stereocenters. The molecule has 104 valence electrons. The van der Waals surface area contributed by atoms with E-state index in [0.717, 1.165) is 41.0 Å². The van der Waals surface area contributed by atoms with E-state index in [4.69, 9.17) is 0 Å². The van der Waals surface area contributed by atoms with E-state index in [2.05, 4.69) is 15.3 Å². The Balaban J connectivity index is 1.66. The Morgan fingerprint density at radius 3 is 2.71 bits per heavy atom. The lowest BCUT2D eigenvalue weighted by atomic mass is 10.2. The van der Waals surface area contributed by atoms with Gasteiger partial charge in [-0.1, -0.05) is 30.3 Å². The first kappa shape index (κ1) is 12.1. The average molecular weight is 277 g/mol. The smallest absolute Gasteiger partial charge is 0.227 e. The van der Waals surface area contributed by atoms with Gasteiger partial charge < -0.3 is 10.3 Å². The second-order valence-electron chi connectivity index (χ2n) is 5.45. The van der Waals surface area contributed by atoms with E-state index in [1.54, 1.807) is 0 Å². The van der Waals surface area contributed by atoms with Gasteiger partial charge in [0.1, 0.15) is 5.82 Å². The summed E-state index contributed by atoms with van der Waals surface area (Å²) in [7, 11) is 0. The summed E-state index contributed by atoms with van der Waals surface area (Å²) in [5, 5.41) is 2.96. The topological polar surface area (TPSA) is 57.8 Å². The number of rotatable bonds is 3. The third kappa shape index (κ3) is 2.40. The average Bonchev–Trinajstić information content (AvgIpc) is 3.28. The lowest BCUT2D eigenvalue weighted by Gasteiger charge is -2.03. The highest BCUT2D eigenvalue weighted by Gasteiger charge is 2.29. The van der Waals surface area contributed by atoms with Gasteiger partial charge in [-0.15, -0.1) is 0 Å². The first-order chi connectivity index (χ1) is 10.3. The maximum absolute atomic E-state index is 11.8. The molecule has 0 aliphatic heterocycles. The van der Waals surface area contributed by atoms with Crippen molar-refractivity contribution in [2.45, 2.75) is 12.8 Å². The van der Waals surface area contributed by atoms with E-state index >= 15 is 0 Å². The Morgan fingerprint density at radius 1 is 1.14 bits per heavy atom. The molecule has 0 saturated heterocycles.